The van der Waals surface area contributed by atoms with Gasteiger partial charge in [-0.2, -0.15) is 13.2 Å². The van der Waals surface area contributed by atoms with E-state index in [0.29, 0.717) is 6.42 Å². The first-order valence-corrected chi connectivity index (χ1v) is 13.5. The Hall–Kier alpha value is -4.01. The molecule has 0 aliphatic rings. The van der Waals surface area contributed by atoms with E-state index < -0.39 is 41.5 Å². The molecule has 2 rings (SSSR count). The lowest BCUT2D eigenvalue weighted by Crippen LogP contribution is -2.53. The zero-order valence-electron chi connectivity index (χ0n) is 23.2. The average molecular weight is 594 g/mol. The smallest absolute Gasteiger partial charge is 0.353 e. The summed E-state index contributed by atoms with van der Waals surface area (Å²) in [6.07, 6.45) is -4.12. The van der Waals surface area contributed by atoms with Crippen LogP contribution >= 0.6 is 0 Å². The maximum atomic E-state index is 13.0. The van der Waals surface area contributed by atoms with Crippen molar-refractivity contribution in [1.29, 1.82) is 0 Å². The third kappa shape index (κ3) is 11.5. The van der Waals surface area contributed by atoms with Crippen molar-refractivity contribution in [3.05, 3.63) is 71.3 Å². The van der Waals surface area contributed by atoms with E-state index in [-0.39, 0.29) is 63.6 Å². The Bertz CT molecular complexity index is 1160. The maximum Gasteiger partial charge on any atom is 0.416 e. The number of rotatable bonds is 16. The number of nitrogens with two attached hydrogens (primary N) is 3. The van der Waals surface area contributed by atoms with Crippen LogP contribution in [0.4, 0.5) is 13.2 Å². The number of carbonyl (C=O) groups excluding carboxylic acids is 4. The molecule has 42 heavy (non-hydrogen) atoms. The van der Waals surface area contributed by atoms with Crippen molar-refractivity contribution in [1.82, 2.24) is 20.9 Å². The SMILES string of the molecule is NCCN(CCN)C(=O)C[C@H](N)C(=O)N[C@@H](CCc1ccccc1)C(=O)NCCNC(=O)c1ccc(C(F)(F)F)cc1. The van der Waals surface area contributed by atoms with Crippen LogP contribution in [-0.2, 0) is 27.0 Å². The van der Waals surface area contributed by atoms with Crippen LogP contribution in [0.1, 0.15) is 34.3 Å². The Labute approximate surface area is 242 Å². The van der Waals surface area contributed by atoms with Gasteiger partial charge in [0.25, 0.3) is 5.91 Å². The van der Waals surface area contributed by atoms with E-state index in [1.165, 1.54) is 4.90 Å². The van der Waals surface area contributed by atoms with Gasteiger partial charge in [0.2, 0.25) is 17.7 Å². The molecule has 2 aromatic carbocycles. The third-order valence-corrected chi connectivity index (χ3v) is 6.26. The van der Waals surface area contributed by atoms with Crippen LogP contribution in [0, 0.1) is 0 Å². The van der Waals surface area contributed by atoms with Crippen LogP contribution in [0.25, 0.3) is 0 Å². The number of alkyl halides is 3. The van der Waals surface area contributed by atoms with Gasteiger partial charge in [0, 0.05) is 44.8 Å². The molecule has 9 N–H and O–H groups in total. The summed E-state index contributed by atoms with van der Waals surface area (Å²) in [5.74, 6) is -2.22. The minimum absolute atomic E-state index is 0.0133. The van der Waals surface area contributed by atoms with Gasteiger partial charge in [-0.05, 0) is 42.7 Å². The van der Waals surface area contributed by atoms with Gasteiger partial charge in [0.05, 0.1) is 18.0 Å². The highest BCUT2D eigenvalue weighted by atomic mass is 19.4. The summed E-state index contributed by atoms with van der Waals surface area (Å²) in [5.41, 5.74) is 17.1. The molecule has 230 valence electrons. The minimum Gasteiger partial charge on any atom is -0.353 e. The molecule has 4 amide bonds. The van der Waals surface area contributed by atoms with E-state index >= 15 is 0 Å². The molecule has 0 heterocycles. The second-order valence-electron chi connectivity index (χ2n) is 9.48. The van der Waals surface area contributed by atoms with Gasteiger partial charge in [-0.1, -0.05) is 30.3 Å². The Morgan fingerprint density at radius 2 is 1.43 bits per heavy atom. The van der Waals surface area contributed by atoms with Gasteiger partial charge >= 0.3 is 6.18 Å². The molecular formula is C28H38F3N7O4. The summed E-state index contributed by atoms with van der Waals surface area (Å²) in [4.78, 5) is 52.1. The molecule has 0 aromatic heterocycles. The second kappa shape index (κ2) is 17.1. The van der Waals surface area contributed by atoms with Gasteiger partial charge in [-0.15, -0.1) is 0 Å². The van der Waals surface area contributed by atoms with Gasteiger partial charge < -0.3 is 38.1 Å². The minimum atomic E-state index is -4.51. The summed E-state index contributed by atoms with van der Waals surface area (Å²) < 4.78 is 38.2. The summed E-state index contributed by atoms with van der Waals surface area (Å²) >= 11 is 0. The molecule has 0 fully saturated rings. The van der Waals surface area contributed by atoms with E-state index in [0.717, 1.165) is 29.8 Å². The van der Waals surface area contributed by atoms with Crippen LogP contribution in [-0.4, -0.2) is 79.9 Å². The number of nitrogens with zero attached hydrogens (tertiary/aromatic N) is 1. The fourth-order valence-corrected chi connectivity index (χ4v) is 3.98. The molecule has 11 nitrogen and oxygen atoms in total. The van der Waals surface area contributed by atoms with E-state index in [4.69, 9.17) is 17.2 Å². The van der Waals surface area contributed by atoms with Crippen LogP contribution in [0.5, 0.6) is 0 Å². The number of nitrogens with one attached hydrogen (secondary N) is 3. The Kier molecular flexibility index (Phi) is 13.9. The number of amides is 4. The average Bonchev–Trinajstić information content (AvgIpc) is 2.97. The molecule has 0 spiro atoms. The lowest BCUT2D eigenvalue weighted by molar-refractivity contribution is -0.137. The highest BCUT2D eigenvalue weighted by Gasteiger charge is 2.30. The Morgan fingerprint density at radius 1 is 0.833 bits per heavy atom. The van der Waals surface area contributed by atoms with E-state index in [1.807, 2.05) is 30.3 Å². The fourth-order valence-electron chi connectivity index (χ4n) is 3.98. The number of aryl methyl sites for hydroxylation is 1. The largest absolute Gasteiger partial charge is 0.416 e. The van der Waals surface area contributed by atoms with E-state index in [1.54, 1.807) is 0 Å². The van der Waals surface area contributed by atoms with Crippen molar-refractivity contribution < 1.29 is 32.3 Å². The second-order valence-corrected chi connectivity index (χ2v) is 9.48. The molecule has 0 radical (unpaired) electrons. The normalized spacial score (nSPS) is 12.6. The molecule has 2 atom stereocenters. The predicted molar refractivity (Wildman–Crippen MR) is 151 cm³/mol. The number of hydrogen-bond acceptors (Lipinski definition) is 7. The van der Waals surface area contributed by atoms with Crippen LogP contribution < -0.4 is 33.2 Å². The van der Waals surface area contributed by atoms with Crippen molar-refractivity contribution in [2.45, 2.75) is 37.5 Å². The van der Waals surface area contributed by atoms with Crippen LogP contribution in [0.15, 0.2) is 54.6 Å². The predicted octanol–water partition coefficient (Wildman–Crippen LogP) is 0.132. The lowest BCUT2D eigenvalue weighted by atomic mass is 10.0. The topological polar surface area (TPSA) is 186 Å². The zero-order chi connectivity index (χ0) is 31.1. The molecule has 0 aliphatic carbocycles. The molecule has 14 heteroatoms. The standard InChI is InChI=1S/C28H38F3N7O4/c29-28(30,31)21-9-7-20(8-10-21)25(40)35-14-15-36-27(42)23(11-6-19-4-2-1-3-5-19)37-26(41)22(34)18-24(39)38(16-12-32)17-13-33/h1-5,7-10,22-23H,6,11-18,32-34H2,(H,35,40)(H,36,42)(H,37,41)/t22-,23-/m0/s1. The first-order chi connectivity index (χ1) is 20.0. The van der Waals surface area contributed by atoms with Crippen LogP contribution in [0.2, 0.25) is 0 Å². The highest BCUT2D eigenvalue weighted by Crippen LogP contribution is 2.29. The third-order valence-electron chi connectivity index (χ3n) is 6.26. The van der Waals surface area contributed by atoms with Gasteiger partial charge in [-0.25, -0.2) is 0 Å². The van der Waals surface area contributed by atoms with Crippen molar-refractivity contribution >= 4 is 23.6 Å². The van der Waals surface area contributed by atoms with E-state index in [9.17, 15) is 32.3 Å². The highest BCUT2D eigenvalue weighted by molar-refractivity contribution is 5.94. The molecule has 0 unspecified atom stereocenters. The Morgan fingerprint density at radius 3 is 2.00 bits per heavy atom. The number of halogens is 3. The summed E-state index contributed by atoms with van der Waals surface area (Å²) in [6, 6.07) is 10.8. The summed E-state index contributed by atoms with van der Waals surface area (Å²) in [7, 11) is 0. The van der Waals surface area contributed by atoms with Gasteiger partial charge in [0.15, 0.2) is 0 Å². The number of carbonyl (C=O) groups is 4. The van der Waals surface area contributed by atoms with E-state index in [2.05, 4.69) is 16.0 Å². The summed E-state index contributed by atoms with van der Waals surface area (Å²) in [6.45, 7) is 0.945. The molecule has 0 bridgehead atoms. The lowest BCUT2D eigenvalue weighted by Gasteiger charge is -2.24. The molecular weight excluding hydrogens is 555 g/mol. The molecule has 0 aliphatic heterocycles. The molecule has 2 aromatic rings. The van der Waals surface area contributed by atoms with Crippen LogP contribution in [0.3, 0.4) is 0 Å². The first-order valence-electron chi connectivity index (χ1n) is 13.5. The monoisotopic (exact) mass is 593 g/mol. The number of hydrogen-bond donors (Lipinski definition) is 6. The molecule has 0 saturated carbocycles. The van der Waals surface area contributed by atoms with Crippen molar-refractivity contribution in [3.63, 3.8) is 0 Å². The summed E-state index contributed by atoms with van der Waals surface area (Å²) in [5, 5.41) is 7.76. The maximum absolute atomic E-state index is 13.0. The van der Waals surface area contributed by atoms with Crippen molar-refractivity contribution in [2.24, 2.45) is 17.2 Å². The van der Waals surface area contributed by atoms with Crippen molar-refractivity contribution in [2.75, 3.05) is 39.3 Å². The van der Waals surface area contributed by atoms with Crippen molar-refractivity contribution in [3.8, 4) is 0 Å². The first kappa shape index (κ1) is 34.2. The molecule has 0 saturated heterocycles. The zero-order valence-corrected chi connectivity index (χ0v) is 23.2. The Balaban J connectivity index is 1.95. The number of benzene rings is 2. The fraction of sp³-hybridized carbons (Fsp3) is 0.429. The van der Waals surface area contributed by atoms with Gasteiger partial charge in [-0.3, -0.25) is 19.2 Å². The quantitative estimate of drug-likeness (QED) is 0.149. The van der Waals surface area contributed by atoms with Gasteiger partial charge in [0.1, 0.15) is 6.04 Å².